The zero-order valence-corrected chi connectivity index (χ0v) is 22.8. The first-order valence-electron chi connectivity index (χ1n) is 11.9. The quantitative estimate of drug-likeness (QED) is 0.180. The van der Waals surface area contributed by atoms with Crippen LogP contribution in [-0.4, -0.2) is 23.5 Å². The Morgan fingerprint density at radius 2 is 1.58 bits per heavy atom. The van der Waals surface area contributed by atoms with Gasteiger partial charge in [-0.3, -0.25) is 14.9 Å². The average molecular weight is 569 g/mol. The molecular weight excluding hydrogens is 538 g/mol. The van der Waals surface area contributed by atoms with E-state index in [-0.39, 0.29) is 16.9 Å². The molecule has 0 bridgehead atoms. The topological polar surface area (TPSA) is 79.5 Å². The van der Waals surface area contributed by atoms with E-state index in [0.717, 1.165) is 24.1 Å². The van der Waals surface area contributed by atoms with Crippen LogP contribution in [0.5, 0.6) is 5.75 Å². The van der Waals surface area contributed by atoms with E-state index in [2.05, 4.69) is 38.8 Å². The van der Waals surface area contributed by atoms with E-state index >= 15 is 0 Å². The highest BCUT2D eigenvalue weighted by Gasteiger charge is 2.12. The number of aryl methyl sites for hydroxylation is 1. The van der Waals surface area contributed by atoms with Crippen LogP contribution in [0.25, 0.3) is 0 Å². The van der Waals surface area contributed by atoms with E-state index in [1.807, 2.05) is 31.2 Å². The van der Waals surface area contributed by atoms with E-state index in [9.17, 15) is 9.59 Å². The standard InChI is InChI=1S/C28H30BrN3O3S/c1-3-4-5-6-15-35-25-14-13-21(18-24(25)29)27(34)32-28(36)31-23-12-8-10-20(17-23)26(33)30-22-11-7-9-19(2)16-22/h7-14,16-18H,3-6,15H2,1-2H3,(H,30,33)(H2,31,32,34,36). The Morgan fingerprint density at radius 1 is 0.861 bits per heavy atom. The Kier molecular flexibility index (Phi) is 10.5. The van der Waals surface area contributed by atoms with Gasteiger partial charge < -0.3 is 15.4 Å². The smallest absolute Gasteiger partial charge is 0.257 e. The molecule has 2 amide bonds. The fraction of sp³-hybridized carbons (Fsp3) is 0.250. The number of anilines is 2. The second kappa shape index (κ2) is 13.8. The van der Waals surface area contributed by atoms with Crippen LogP contribution in [0.4, 0.5) is 11.4 Å². The summed E-state index contributed by atoms with van der Waals surface area (Å²) in [4.78, 5) is 25.3. The van der Waals surface area contributed by atoms with Gasteiger partial charge in [0, 0.05) is 22.5 Å². The maximum atomic E-state index is 12.7. The monoisotopic (exact) mass is 567 g/mol. The van der Waals surface area contributed by atoms with Crippen molar-refractivity contribution in [3.8, 4) is 5.75 Å². The molecule has 0 unspecified atom stereocenters. The van der Waals surface area contributed by atoms with Gasteiger partial charge in [0.15, 0.2) is 5.11 Å². The number of unbranched alkanes of at least 4 members (excludes halogenated alkanes) is 3. The Labute approximate surface area is 226 Å². The zero-order chi connectivity index (χ0) is 25.9. The molecule has 0 saturated heterocycles. The van der Waals surface area contributed by atoms with Crippen molar-refractivity contribution in [3.63, 3.8) is 0 Å². The lowest BCUT2D eigenvalue weighted by atomic mass is 10.1. The van der Waals surface area contributed by atoms with E-state index in [1.165, 1.54) is 12.8 Å². The van der Waals surface area contributed by atoms with Crippen molar-refractivity contribution in [1.29, 1.82) is 0 Å². The Balaban J connectivity index is 1.54. The second-order valence-corrected chi connectivity index (χ2v) is 9.63. The number of hydrogen-bond acceptors (Lipinski definition) is 4. The van der Waals surface area contributed by atoms with Crippen LogP contribution in [-0.2, 0) is 0 Å². The van der Waals surface area contributed by atoms with Gasteiger partial charge in [-0.15, -0.1) is 0 Å². The van der Waals surface area contributed by atoms with Crippen LogP contribution >= 0.6 is 28.1 Å². The number of benzene rings is 3. The van der Waals surface area contributed by atoms with Crippen LogP contribution in [0, 0.1) is 6.92 Å². The predicted molar refractivity (Wildman–Crippen MR) is 153 cm³/mol. The van der Waals surface area contributed by atoms with Crippen LogP contribution in [0.15, 0.2) is 71.2 Å². The molecule has 0 spiro atoms. The van der Waals surface area contributed by atoms with Crippen LogP contribution in [0.1, 0.15) is 58.9 Å². The minimum atomic E-state index is -0.351. The predicted octanol–water partition coefficient (Wildman–Crippen LogP) is 7.10. The molecule has 0 heterocycles. The summed E-state index contributed by atoms with van der Waals surface area (Å²) in [5.74, 6) is 0.109. The first kappa shape index (κ1) is 27.4. The molecule has 3 rings (SSSR count). The number of hydrogen-bond donors (Lipinski definition) is 3. The Hall–Kier alpha value is -3.23. The molecule has 0 aliphatic carbocycles. The number of amides is 2. The van der Waals surface area contributed by atoms with Crippen molar-refractivity contribution in [2.45, 2.75) is 39.5 Å². The van der Waals surface area contributed by atoms with E-state index in [0.29, 0.717) is 33.6 Å². The third-order valence-corrected chi connectivity index (χ3v) is 6.16. The second-order valence-electron chi connectivity index (χ2n) is 8.37. The summed E-state index contributed by atoms with van der Waals surface area (Å²) in [6.07, 6.45) is 4.51. The molecule has 0 atom stereocenters. The normalized spacial score (nSPS) is 10.4. The highest BCUT2D eigenvalue weighted by Crippen LogP contribution is 2.26. The van der Waals surface area contributed by atoms with E-state index in [4.69, 9.17) is 17.0 Å². The van der Waals surface area contributed by atoms with Crippen LogP contribution in [0.2, 0.25) is 0 Å². The molecule has 0 radical (unpaired) electrons. The summed E-state index contributed by atoms with van der Waals surface area (Å²) in [6, 6.07) is 19.7. The molecule has 0 fully saturated rings. The molecule has 0 saturated carbocycles. The summed E-state index contributed by atoms with van der Waals surface area (Å²) in [7, 11) is 0. The first-order chi connectivity index (χ1) is 17.4. The molecule has 0 aliphatic heterocycles. The lowest BCUT2D eigenvalue weighted by Crippen LogP contribution is -2.34. The molecule has 8 heteroatoms. The lowest BCUT2D eigenvalue weighted by molar-refractivity contribution is 0.0976. The molecule has 3 aromatic carbocycles. The summed E-state index contributed by atoms with van der Waals surface area (Å²) in [6.45, 7) is 4.78. The van der Waals surface area contributed by atoms with Gasteiger partial charge in [-0.25, -0.2) is 0 Å². The highest BCUT2D eigenvalue weighted by molar-refractivity contribution is 9.10. The third-order valence-electron chi connectivity index (χ3n) is 5.34. The number of thiocarbonyl (C=S) groups is 1. The van der Waals surface area contributed by atoms with Crippen molar-refractivity contribution >= 4 is 56.4 Å². The van der Waals surface area contributed by atoms with Gasteiger partial charge in [0.25, 0.3) is 11.8 Å². The number of ether oxygens (including phenoxy) is 1. The van der Waals surface area contributed by atoms with Crippen molar-refractivity contribution in [1.82, 2.24) is 5.32 Å². The van der Waals surface area contributed by atoms with Crippen molar-refractivity contribution < 1.29 is 14.3 Å². The van der Waals surface area contributed by atoms with Gasteiger partial charge >= 0.3 is 0 Å². The Bertz CT molecular complexity index is 1230. The van der Waals surface area contributed by atoms with E-state index < -0.39 is 0 Å². The molecule has 6 nitrogen and oxygen atoms in total. The Morgan fingerprint density at radius 3 is 2.31 bits per heavy atom. The van der Waals surface area contributed by atoms with Gasteiger partial charge in [0.1, 0.15) is 5.75 Å². The van der Waals surface area contributed by atoms with E-state index in [1.54, 1.807) is 42.5 Å². The van der Waals surface area contributed by atoms with Crippen molar-refractivity contribution in [2.75, 3.05) is 17.2 Å². The minimum absolute atomic E-state index is 0.128. The number of nitrogens with one attached hydrogen (secondary N) is 3. The average Bonchev–Trinajstić information content (AvgIpc) is 2.84. The fourth-order valence-corrected chi connectivity index (χ4v) is 4.18. The van der Waals surface area contributed by atoms with Gasteiger partial charge in [-0.05, 0) is 95.6 Å². The SMILES string of the molecule is CCCCCCOc1ccc(C(=O)NC(=S)Nc2cccc(C(=O)Nc3cccc(C)c3)c2)cc1Br. The maximum Gasteiger partial charge on any atom is 0.257 e. The molecule has 3 aromatic rings. The number of carbonyl (C=O) groups excluding carboxylic acids is 2. The molecular formula is C28H30BrN3O3S. The van der Waals surface area contributed by atoms with Gasteiger partial charge in [0.2, 0.25) is 0 Å². The summed E-state index contributed by atoms with van der Waals surface area (Å²) < 4.78 is 6.51. The third kappa shape index (κ3) is 8.46. The fourth-order valence-electron chi connectivity index (χ4n) is 3.47. The lowest BCUT2D eigenvalue weighted by Gasteiger charge is -2.12. The van der Waals surface area contributed by atoms with Crippen molar-refractivity contribution in [3.05, 3.63) is 87.9 Å². The molecule has 188 valence electrons. The minimum Gasteiger partial charge on any atom is -0.492 e. The zero-order valence-electron chi connectivity index (χ0n) is 20.4. The van der Waals surface area contributed by atoms with Crippen LogP contribution in [0.3, 0.4) is 0 Å². The highest BCUT2D eigenvalue weighted by atomic mass is 79.9. The van der Waals surface area contributed by atoms with Gasteiger partial charge in [0.05, 0.1) is 11.1 Å². The summed E-state index contributed by atoms with van der Waals surface area (Å²) in [5.41, 5.74) is 3.27. The largest absolute Gasteiger partial charge is 0.492 e. The molecule has 3 N–H and O–H groups in total. The summed E-state index contributed by atoms with van der Waals surface area (Å²) in [5, 5.41) is 8.65. The van der Waals surface area contributed by atoms with Gasteiger partial charge in [-0.1, -0.05) is 44.4 Å². The molecule has 0 aliphatic rings. The number of rotatable bonds is 10. The number of carbonyl (C=O) groups is 2. The molecule has 36 heavy (non-hydrogen) atoms. The summed E-state index contributed by atoms with van der Waals surface area (Å²) >= 11 is 8.79. The first-order valence-corrected chi connectivity index (χ1v) is 13.1. The maximum absolute atomic E-state index is 12.7. The number of halogens is 1. The molecule has 0 aromatic heterocycles. The van der Waals surface area contributed by atoms with Crippen LogP contribution < -0.4 is 20.7 Å². The van der Waals surface area contributed by atoms with Gasteiger partial charge in [-0.2, -0.15) is 0 Å². The van der Waals surface area contributed by atoms with Crippen molar-refractivity contribution in [2.24, 2.45) is 0 Å².